The normalized spacial score (nSPS) is 12.6. The van der Waals surface area contributed by atoms with Crippen molar-refractivity contribution < 1.29 is 4.42 Å². The summed E-state index contributed by atoms with van der Waals surface area (Å²) in [4.78, 5) is 2.38. The van der Waals surface area contributed by atoms with Gasteiger partial charge >= 0.3 is 0 Å². The van der Waals surface area contributed by atoms with E-state index in [1.54, 1.807) is 0 Å². The van der Waals surface area contributed by atoms with Crippen LogP contribution in [-0.4, -0.2) is 0 Å². The molecule has 1 aliphatic carbocycles. The molecule has 0 bridgehead atoms. The third kappa shape index (κ3) is 5.95. The van der Waals surface area contributed by atoms with Crippen molar-refractivity contribution in [1.29, 1.82) is 0 Å². The average molecular weight is 804 g/mol. The lowest BCUT2D eigenvalue weighted by Crippen LogP contribution is -2.28. The molecule has 0 fully saturated rings. The molecule has 1 heterocycles. The van der Waals surface area contributed by atoms with Gasteiger partial charge in [0.1, 0.15) is 11.2 Å². The van der Waals surface area contributed by atoms with E-state index in [4.69, 9.17) is 4.42 Å². The minimum absolute atomic E-state index is 0.474. The predicted octanol–water partition coefficient (Wildman–Crippen LogP) is 16.4. The molecule has 2 heteroatoms. The van der Waals surface area contributed by atoms with Crippen LogP contribution in [-0.2, 0) is 5.41 Å². The minimum atomic E-state index is -0.474. The van der Waals surface area contributed by atoms with Crippen LogP contribution in [0.5, 0.6) is 0 Å². The lowest BCUT2D eigenvalue weighted by molar-refractivity contribution is 0.670. The summed E-state index contributed by atoms with van der Waals surface area (Å²) in [6.45, 7) is 0. The number of fused-ring (bicyclic) bond motifs is 6. The van der Waals surface area contributed by atoms with Crippen molar-refractivity contribution >= 4 is 39.0 Å². The molecule has 63 heavy (non-hydrogen) atoms. The third-order valence-electron chi connectivity index (χ3n) is 13.0. The highest BCUT2D eigenvalue weighted by atomic mass is 16.3. The highest BCUT2D eigenvalue weighted by Gasteiger charge is 2.45. The zero-order valence-corrected chi connectivity index (χ0v) is 34.5. The number of anilines is 3. The van der Waals surface area contributed by atoms with Crippen LogP contribution >= 0.6 is 0 Å². The van der Waals surface area contributed by atoms with Crippen molar-refractivity contribution in [3.8, 4) is 44.5 Å². The van der Waals surface area contributed by atoms with Crippen LogP contribution in [0.3, 0.4) is 0 Å². The lowest BCUT2D eigenvalue weighted by Gasteiger charge is -2.34. The lowest BCUT2D eigenvalue weighted by atomic mass is 9.68. The van der Waals surface area contributed by atoms with Crippen LogP contribution in [0.1, 0.15) is 22.3 Å². The van der Waals surface area contributed by atoms with Crippen molar-refractivity contribution in [2.75, 3.05) is 4.90 Å². The molecule has 0 unspecified atom stereocenters. The molecule has 1 aliphatic rings. The largest absolute Gasteiger partial charge is 0.455 e. The van der Waals surface area contributed by atoms with E-state index in [1.165, 1.54) is 50.1 Å². The zero-order chi connectivity index (χ0) is 41.7. The Morgan fingerprint density at radius 2 is 0.778 bits per heavy atom. The molecule has 0 radical (unpaired) electrons. The van der Waals surface area contributed by atoms with Crippen molar-refractivity contribution in [2.24, 2.45) is 0 Å². The van der Waals surface area contributed by atoms with Gasteiger partial charge in [-0.2, -0.15) is 0 Å². The molecule has 0 saturated carbocycles. The van der Waals surface area contributed by atoms with E-state index in [0.717, 1.165) is 55.7 Å². The number of hydrogen-bond acceptors (Lipinski definition) is 2. The van der Waals surface area contributed by atoms with Gasteiger partial charge in [-0.3, -0.25) is 0 Å². The Balaban J connectivity index is 1.02. The molecule has 12 rings (SSSR count). The van der Waals surface area contributed by atoms with Gasteiger partial charge in [0.15, 0.2) is 0 Å². The summed E-state index contributed by atoms with van der Waals surface area (Å²) in [5.41, 5.74) is 19.2. The monoisotopic (exact) mass is 803 g/mol. The van der Waals surface area contributed by atoms with Gasteiger partial charge in [-0.1, -0.05) is 206 Å². The van der Waals surface area contributed by atoms with Crippen molar-refractivity contribution in [3.05, 3.63) is 271 Å². The van der Waals surface area contributed by atoms with Crippen LogP contribution in [0.25, 0.3) is 66.4 Å². The predicted molar refractivity (Wildman–Crippen MR) is 262 cm³/mol. The second-order valence-corrected chi connectivity index (χ2v) is 16.4. The first kappa shape index (κ1) is 36.6. The number of furan rings is 1. The number of benzene rings is 10. The quantitative estimate of drug-likeness (QED) is 0.152. The summed E-state index contributed by atoms with van der Waals surface area (Å²) in [5.74, 6) is 0. The number of para-hydroxylation sites is 2. The molecular weight excluding hydrogens is 763 g/mol. The summed E-state index contributed by atoms with van der Waals surface area (Å²) in [7, 11) is 0. The topological polar surface area (TPSA) is 16.4 Å². The maximum atomic E-state index is 6.48. The molecule has 0 atom stereocenters. The van der Waals surface area contributed by atoms with Gasteiger partial charge in [-0.25, -0.2) is 0 Å². The second-order valence-electron chi connectivity index (χ2n) is 16.4. The van der Waals surface area contributed by atoms with Crippen LogP contribution in [0, 0.1) is 0 Å². The van der Waals surface area contributed by atoms with Gasteiger partial charge in [0.25, 0.3) is 0 Å². The first-order chi connectivity index (χ1) is 31.3. The first-order valence-corrected chi connectivity index (χ1v) is 21.7. The molecule has 2 nitrogen and oxygen atoms in total. The van der Waals surface area contributed by atoms with Crippen LogP contribution < -0.4 is 4.90 Å². The molecule has 0 amide bonds. The Morgan fingerprint density at radius 1 is 0.302 bits per heavy atom. The molecule has 11 aromatic rings. The molecule has 296 valence electrons. The van der Waals surface area contributed by atoms with Gasteiger partial charge < -0.3 is 9.32 Å². The molecule has 0 spiro atoms. The van der Waals surface area contributed by atoms with E-state index < -0.39 is 5.41 Å². The zero-order valence-electron chi connectivity index (χ0n) is 34.5. The number of nitrogens with zero attached hydrogens (tertiary/aromatic N) is 1. The summed E-state index contributed by atoms with van der Waals surface area (Å²) in [6.07, 6.45) is 0. The minimum Gasteiger partial charge on any atom is -0.455 e. The standard InChI is InChI=1S/C61H41NO/c1-3-17-42(18-4-1)50-23-7-8-24-51(50)44-19-15-22-49(41-44)62(47-37-33-43(34-38-47)52-28-16-29-56-55-27-11-14-32-59(55)63-60(52)56)48-39-35-46(36-40-48)61(45-20-5-2-6-21-45)57-30-12-9-25-53(57)54-26-10-13-31-58(54)61/h1-41H. The van der Waals surface area contributed by atoms with Gasteiger partial charge in [0.05, 0.1) is 5.41 Å². The van der Waals surface area contributed by atoms with Crippen LogP contribution in [0.2, 0.25) is 0 Å². The maximum Gasteiger partial charge on any atom is 0.143 e. The van der Waals surface area contributed by atoms with Crippen LogP contribution in [0.4, 0.5) is 17.1 Å². The van der Waals surface area contributed by atoms with E-state index in [0.29, 0.717) is 0 Å². The molecular formula is C61H41NO. The SMILES string of the molecule is c1ccc(-c2ccccc2-c2cccc(N(c3ccc(-c4cccc5c4oc4ccccc45)cc3)c3ccc(C4(c5ccccc5)c5ccccc5-c5ccccc54)cc3)c2)cc1. The van der Waals surface area contributed by atoms with Crippen molar-refractivity contribution in [1.82, 2.24) is 0 Å². The summed E-state index contributed by atoms with van der Waals surface area (Å²) >= 11 is 0. The number of hydrogen-bond donors (Lipinski definition) is 0. The Morgan fingerprint density at radius 3 is 1.48 bits per heavy atom. The Kier molecular flexibility index (Phi) is 8.76. The van der Waals surface area contributed by atoms with Crippen molar-refractivity contribution in [3.63, 3.8) is 0 Å². The van der Waals surface area contributed by atoms with E-state index >= 15 is 0 Å². The Bertz CT molecular complexity index is 3390. The molecule has 0 saturated heterocycles. The summed E-state index contributed by atoms with van der Waals surface area (Å²) in [5, 5.41) is 2.26. The summed E-state index contributed by atoms with van der Waals surface area (Å²) < 4.78 is 6.48. The molecule has 0 N–H and O–H groups in total. The molecule has 1 aromatic heterocycles. The fourth-order valence-electron chi connectivity index (χ4n) is 10.2. The molecule has 10 aromatic carbocycles. The smallest absolute Gasteiger partial charge is 0.143 e. The van der Waals surface area contributed by atoms with Gasteiger partial charge in [-0.05, 0) is 104 Å². The summed E-state index contributed by atoms with van der Waals surface area (Å²) in [6, 6.07) is 90.1. The van der Waals surface area contributed by atoms with Crippen molar-refractivity contribution in [2.45, 2.75) is 5.41 Å². The average Bonchev–Trinajstić information content (AvgIpc) is 3.90. The van der Waals surface area contributed by atoms with E-state index in [1.807, 2.05) is 12.1 Å². The highest BCUT2D eigenvalue weighted by molar-refractivity contribution is 6.09. The van der Waals surface area contributed by atoms with Gasteiger partial charge in [0, 0.05) is 33.4 Å². The Hall–Kier alpha value is -8.20. The fraction of sp³-hybridized carbons (Fsp3) is 0.0164. The second kappa shape index (κ2) is 15.1. The Labute approximate surface area is 367 Å². The maximum absolute atomic E-state index is 6.48. The van der Waals surface area contributed by atoms with Gasteiger partial charge in [0.2, 0.25) is 0 Å². The fourth-order valence-corrected chi connectivity index (χ4v) is 10.2. The van der Waals surface area contributed by atoms with E-state index in [9.17, 15) is 0 Å². The first-order valence-electron chi connectivity index (χ1n) is 21.7. The van der Waals surface area contributed by atoms with Gasteiger partial charge in [-0.15, -0.1) is 0 Å². The highest BCUT2D eigenvalue weighted by Crippen LogP contribution is 2.56. The molecule has 0 aliphatic heterocycles. The van der Waals surface area contributed by atoms with E-state index in [2.05, 4.69) is 241 Å². The van der Waals surface area contributed by atoms with Crippen LogP contribution in [0.15, 0.2) is 253 Å². The number of rotatable bonds is 8. The van der Waals surface area contributed by atoms with E-state index in [-0.39, 0.29) is 0 Å². The third-order valence-corrected chi connectivity index (χ3v) is 13.0.